The maximum atomic E-state index is 2.34. The van der Waals surface area contributed by atoms with Gasteiger partial charge >= 0.3 is 0 Å². The molecule has 0 aromatic rings. The van der Waals surface area contributed by atoms with E-state index in [1.165, 1.54) is 12.0 Å². The fourth-order valence-electron chi connectivity index (χ4n) is 2.14. The van der Waals surface area contributed by atoms with Crippen LogP contribution in [0, 0.1) is 16.7 Å². The van der Waals surface area contributed by atoms with Crippen LogP contribution in [0.25, 0.3) is 0 Å². The molecule has 1 atom stereocenters. The average Bonchev–Trinajstić information content (AvgIpc) is 2.07. The zero-order valence-corrected chi connectivity index (χ0v) is 12.5. The average molecular weight is 222 g/mol. The number of hydrogen-bond acceptors (Lipinski definition) is 0. The standard InChI is InChI=1S/C16H30/c1-9-11-13(10-2)14(16(6,7)8)12-15(3,4)5/h9-11,14H,12H2,1-8H3. The maximum absolute atomic E-state index is 2.34. The zero-order chi connectivity index (χ0) is 13.0. The summed E-state index contributed by atoms with van der Waals surface area (Å²) in [5.41, 5.74) is 2.19. The second-order valence-electron chi connectivity index (χ2n) is 6.97. The predicted molar refractivity (Wildman–Crippen MR) is 75.6 cm³/mol. The molecule has 1 unspecified atom stereocenters. The van der Waals surface area contributed by atoms with Gasteiger partial charge in [-0.25, -0.2) is 0 Å². The van der Waals surface area contributed by atoms with E-state index >= 15 is 0 Å². The third-order valence-corrected chi connectivity index (χ3v) is 2.96. The van der Waals surface area contributed by atoms with E-state index < -0.39 is 0 Å². The molecule has 0 spiro atoms. The molecule has 0 heterocycles. The second-order valence-corrected chi connectivity index (χ2v) is 6.97. The molecule has 16 heavy (non-hydrogen) atoms. The summed E-state index contributed by atoms with van der Waals surface area (Å²) in [6.45, 7) is 18.3. The normalized spacial score (nSPS) is 16.9. The van der Waals surface area contributed by atoms with Crippen molar-refractivity contribution in [2.45, 2.75) is 61.8 Å². The molecule has 0 bridgehead atoms. The fraction of sp³-hybridized carbons (Fsp3) is 0.750. The van der Waals surface area contributed by atoms with Crippen LogP contribution in [0.2, 0.25) is 0 Å². The van der Waals surface area contributed by atoms with Gasteiger partial charge in [0.25, 0.3) is 0 Å². The molecular weight excluding hydrogens is 192 g/mol. The summed E-state index contributed by atoms with van der Waals surface area (Å²) < 4.78 is 0. The van der Waals surface area contributed by atoms with Crippen LogP contribution >= 0.6 is 0 Å². The Kier molecular flexibility index (Phi) is 5.52. The molecule has 0 aromatic carbocycles. The van der Waals surface area contributed by atoms with E-state index in [1.54, 1.807) is 0 Å². The van der Waals surface area contributed by atoms with Crippen LogP contribution < -0.4 is 0 Å². The Morgan fingerprint density at radius 3 is 1.75 bits per heavy atom. The highest BCUT2D eigenvalue weighted by atomic mass is 14.3. The summed E-state index contributed by atoms with van der Waals surface area (Å²) in [4.78, 5) is 0. The second kappa shape index (κ2) is 5.70. The van der Waals surface area contributed by atoms with Gasteiger partial charge in [-0.1, -0.05) is 59.8 Å². The van der Waals surface area contributed by atoms with Crippen molar-refractivity contribution in [3.8, 4) is 0 Å². The van der Waals surface area contributed by atoms with E-state index in [-0.39, 0.29) is 0 Å². The summed E-state index contributed by atoms with van der Waals surface area (Å²) in [5, 5.41) is 0. The maximum Gasteiger partial charge on any atom is -0.0112 e. The fourth-order valence-corrected chi connectivity index (χ4v) is 2.14. The van der Waals surface area contributed by atoms with Crippen molar-refractivity contribution in [3.05, 3.63) is 23.8 Å². The van der Waals surface area contributed by atoms with Crippen molar-refractivity contribution in [1.82, 2.24) is 0 Å². The Labute approximate surface area is 103 Å². The van der Waals surface area contributed by atoms with E-state index in [0.29, 0.717) is 16.7 Å². The molecule has 0 fully saturated rings. The first-order chi connectivity index (χ1) is 7.11. The van der Waals surface area contributed by atoms with Crippen molar-refractivity contribution in [3.63, 3.8) is 0 Å². The Bertz CT molecular complexity index is 253. The van der Waals surface area contributed by atoms with Gasteiger partial charge in [-0.2, -0.15) is 0 Å². The van der Waals surface area contributed by atoms with Gasteiger partial charge in [-0.3, -0.25) is 0 Å². The van der Waals surface area contributed by atoms with Gasteiger partial charge in [0, 0.05) is 0 Å². The highest BCUT2D eigenvalue weighted by Crippen LogP contribution is 2.40. The topological polar surface area (TPSA) is 0 Å². The van der Waals surface area contributed by atoms with Gasteiger partial charge in [0.2, 0.25) is 0 Å². The van der Waals surface area contributed by atoms with Crippen molar-refractivity contribution in [1.29, 1.82) is 0 Å². The highest BCUT2D eigenvalue weighted by Gasteiger charge is 2.30. The third kappa shape index (κ3) is 5.53. The van der Waals surface area contributed by atoms with E-state index in [4.69, 9.17) is 0 Å². The summed E-state index contributed by atoms with van der Waals surface area (Å²) in [6, 6.07) is 0. The third-order valence-electron chi connectivity index (χ3n) is 2.96. The molecule has 94 valence electrons. The molecule has 0 nitrogen and oxygen atoms in total. The van der Waals surface area contributed by atoms with E-state index in [0.717, 1.165) is 0 Å². The van der Waals surface area contributed by atoms with Crippen LogP contribution in [0.5, 0.6) is 0 Å². The smallest absolute Gasteiger partial charge is 0.0112 e. The lowest BCUT2D eigenvalue weighted by Crippen LogP contribution is -2.26. The van der Waals surface area contributed by atoms with Crippen molar-refractivity contribution in [2.24, 2.45) is 16.7 Å². The van der Waals surface area contributed by atoms with Gasteiger partial charge in [0.15, 0.2) is 0 Å². The van der Waals surface area contributed by atoms with Crippen molar-refractivity contribution in [2.75, 3.05) is 0 Å². The lowest BCUT2D eigenvalue weighted by Gasteiger charge is -2.36. The monoisotopic (exact) mass is 222 g/mol. The Morgan fingerprint density at radius 1 is 1.00 bits per heavy atom. The summed E-state index contributed by atoms with van der Waals surface area (Å²) in [5.74, 6) is 0.633. The Balaban J connectivity index is 5.10. The molecule has 0 rings (SSSR count). The van der Waals surface area contributed by atoms with Crippen molar-refractivity contribution < 1.29 is 0 Å². The predicted octanol–water partition coefficient (Wildman–Crippen LogP) is 5.61. The SMILES string of the molecule is CC=CC(=CC)C(CC(C)(C)C)C(C)(C)C. The molecule has 0 aliphatic heterocycles. The van der Waals surface area contributed by atoms with Gasteiger partial charge < -0.3 is 0 Å². The van der Waals surface area contributed by atoms with Crippen LogP contribution in [0.15, 0.2) is 23.8 Å². The molecule has 0 aliphatic rings. The van der Waals surface area contributed by atoms with Crippen LogP contribution in [0.1, 0.15) is 61.8 Å². The molecule has 0 aromatic heterocycles. The lowest BCUT2D eigenvalue weighted by molar-refractivity contribution is 0.199. The van der Waals surface area contributed by atoms with Crippen LogP contribution in [-0.4, -0.2) is 0 Å². The summed E-state index contributed by atoms with van der Waals surface area (Å²) in [7, 11) is 0. The minimum atomic E-state index is 0.328. The number of allylic oxidation sites excluding steroid dienone is 4. The van der Waals surface area contributed by atoms with Crippen LogP contribution in [0.3, 0.4) is 0 Å². The zero-order valence-electron chi connectivity index (χ0n) is 12.5. The van der Waals surface area contributed by atoms with E-state index in [1.807, 2.05) is 0 Å². The number of rotatable bonds is 3. The lowest BCUT2D eigenvalue weighted by atomic mass is 9.68. The van der Waals surface area contributed by atoms with Gasteiger partial charge in [-0.15, -0.1) is 0 Å². The van der Waals surface area contributed by atoms with Crippen LogP contribution in [-0.2, 0) is 0 Å². The molecule has 0 radical (unpaired) electrons. The minimum Gasteiger partial charge on any atom is -0.0874 e. The molecular formula is C16H30. The molecule has 0 aliphatic carbocycles. The molecule has 0 saturated heterocycles. The molecule has 0 saturated carbocycles. The first kappa shape index (κ1) is 15.5. The minimum absolute atomic E-state index is 0.328. The molecule has 0 heteroatoms. The van der Waals surface area contributed by atoms with E-state index in [9.17, 15) is 0 Å². The van der Waals surface area contributed by atoms with Gasteiger partial charge in [0.05, 0.1) is 0 Å². The van der Waals surface area contributed by atoms with Crippen LogP contribution in [0.4, 0.5) is 0 Å². The van der Waals surface area contributed by atoms with Gasteiger partial charge in [-0.05, 0) is 42.6 Å². The summed E-state index contributed by atoms with van der Waals surface area (Å²) in [6.07, 6.45) is 7.92. The van der Waals surface area contributed by atoms with Gasteiger partial charge in [0.1, 0.15) is 0 Å². The van der Waals surface area contributed by atoms with E-state index in [2.05, 4.69) is 73.6 Å². The highest BCUT2D eigenvalue weighted by molar-refractivity contribution is 5.22. The molecule has 0 N–H and O–H groups in total. The van der Waals surface area contributed by atoms with Crippen molar-refractivity contribution >= 4 is 0 Å². The number of hydrogen-bond donors (Lipinski definition) is 0. The first-order valence-corrected chi connectivity index (χ1v) is 6.40. The summed E-state index contributed by atoms with van der Waals surface area (Å²) >= 11 is 0. The Morgan fingerprint density at radius 2 is 1.50 bits per heavy atom. The Hall–Kier alpha value is -0.520. The largest absolute Gasteiger partial charge is 0.0874 e. The first-order valence-electron chi connectivity index (χ1n) is 6.40. The molecule has 0 amide bonds. The quantitative estimate of drug-likeness (QED) is 0.545.